The van der Waals surface area contributed by atoms with Crippen LogP contribution in [0.15, 0.2) is 0 Å². The van der Waals surface area contributed by atoms with E-state index in [-0.39, 0.29) is 0 Å². The van der Waals surface area contributed by atoms with Gasteiger partial charge in [0.2, 0.25) is 0 Å². The highest BCUT2D eigenvalue weighted by Crippen LogP contribution is 2.45. The molecule has 0 aromatic heterocycles. The molecule has 16 heteroatoms. The van der Waals surface area contributed by atoms with E-state index >= 15 is 0 Å². The van der Waals surface area contributed by atoms with E-state index in [4.69, 9.17) is 19.2 Å². The lowest BCUT2D eigenvalue weighted by atomic mass is 9.86. The Balaban J connectivity index is 0. The molecule has 0 saturated carbocycles. The third kappa shape index (κ3) is 12.0. The number of hydrogen-bond donors (Lipinski definition) is 4. The minimum Gasteiger partial charge on any atom is -0.309 e. The van der Waals surface area contributed by atoms with Crippen LogP contribution in [0.1, 0.15) is 40.0 Å². The van der Waals surface area contributed by atoms with E-state index in [0.29, 0.717) is 0 Å². The number of alkyl halides is 10. The summed E-state index contributed by atoms with van der Waals surface area (Å²) in [6.45, 7) is 3.44. The van der Waals surface area contributed by atoms with E-state index in [1.807, 2.05) is 0 Å². The van der Waals surface area contributed by atoms with Gasteiger partial charge in [0.15, 0.2) is 0 Å². The van der Waals surface area contributed by atoms with Gasteiger partial charge >= 0.3 is 32.0 Å². The van der Waals surface area contributed by atoms with E-state index in [1.54, 1.807) is 0 Å². The van der Waals surface area contributed by atoms with Gasteiger partial charge in [-0.1, -0.05) is 13.8 Å². The van der Waals surface area contributed by atoms with Gasteiger partial charge in [-0.15, -0.1) is 0 Å². The van der Waals surface area contributed by atoms with Crippen LogP contribution in [-0.2, 0) is 4.57 Å². The predicted molar refractivity (Wildman–Crippen MR) is 76.8 cm³/mol. The topological polar surface area (TPSA) is 89.8 Å². The lowest BCUT2D eigenvalue weighted by Crippen LogP contribution is -2.54. The van der Waals surface area contributed by atoms with Crippen LogP contribution < -0.4 is 5.32 Å². The van der Waals surface area contributed by atoms with E-state index in [1.165, 1.54) is 13.8 Å². The molecular weight excluding hydrogens is 443 g/mol. The summed E-state index contributed by atoms with van der Waals surface area (Å²) in [4.78, 5) is 21.6. The maximum absolute atomic E-state index is 13.2. The summed E-state index contributed by atoms with van der Waals surface area (Å²) in [5, 5.41) is 2.23. The number of phosphoric acid groups is 1. The summed E-state index contributed by atoms with van der Waals surface area (Å²) in [6.07, 6.45) is -16.9. The Morgan fingerprint density at radius 2 is 1.11 bits per heavy atom. The minimum atomic E-state index is -5.93. The lowest BCUT2D eigenvalue weighted by Gasteiger charge is -2.37. The maximum Gasteiger partial charge on any atom is 0.466 e. The fourth-order valence-electron chi connectivity index (χ4n) is 2.07. The van der Waals surface area contributed by atoms with Gasteiger partial charge in [0, 0.05) is 24.4 Å². The van der Waals surface area contributed by atoms with Gasteiger partial charge in [0.25, 0.3) is 0 Å². The molecule has 0 spiro atoms. The quantitative estimate of drug-likeness (QED) is 0.333. The van der Waals surface area contributed by atoms with Crippen molar-refractivity contribution < 1.29 is 63.1 Å². The van der Waals surface area contributed by atoms with Crippen molar-refractivity contribution in [1.29, 1.82) is 0 Å². The first-order valence-electron chi connectivity index (χ1n) is 7.28. The van der Waals surface area contributed by atoms with Crippen molar-refractivity contribution in [3.8, 4) is 0 Å². The molecule has 0 rings (SSSR count). The van der Waals surface area contributed by atoms with Gasteiger partial charge in [-0.3, -0.25) is 0 Å². The molecule has 0 amide bonds. The molecule has 0 saturated heterocycles. The van der Waals surface area contributed by atoms with Gasteiger partial charge in [-0.2, -0.15) is 43.9 Å². The summed E-state index contributed by atoms with van der Waals surface area (Å²) in [5.41, 5.74) is -2.26. The fourth-order valence-corrected chi connectivity index (χ4v) is 2.07. The first-order valence-corrected chi connectivity index (χ1v) is 8.85. The SMILES string of the molecule is CC(C)NC(C)(CCC(F)(F)C(F)(F)F)CC(F)(F)C(F)(F)F.O=P(O)(O)O. The zero-order valence-corrected chi connectivity index (χ0v) is 15.6. The number of nitrogens with one attached hydrogen (secondary N) is 1. The second-order valence-corrected chi connectivity index (χ2v) is 7.48. The molecular formula is C12H20F10NO4P. The highest BCUT2D eigenvalue weighted by atomic mass is 31.2. The van der Waals surface area contributed by atoms with Gasteiger partial charge in [-0.05, 0) is 13.3 Å². The zero-order valence-electron chi connectivity index (χ0n) is 14.7. The Kier molecular flexibility index (Phi) is 9.98. The zero-order chi connectivity index (χ0) is 23.4. The van der Waals surface area contributed by atoms with Crippen LogP contribution in [0.25, 0.3) is 0 Å². The first-order chi connectivity index (χ1) is 11.8. The summed E-state index contributed by atoms with van der Waals surface area (Å²) in [6, 6.07) is -0.705. The highest BCUT2D eigenvalue weighted by molar-refractivity contribution is 7.45. The molecule has 172 valence electrons. The number of rotatable bonds is 7. The molecule has 0 aliphatic rings. The van der Waals surface area contributed by atoms with Crippen LogP contribution in [0.5, 0.6) is 0 Å². The van der Waals surface area contributed by atoms with Crippen LogP contribution in [0.3, 0.4) is 0 Å². The minimum absolute atomic E-state index is 0.705. The monoisotopic (exact) mass is 463 g/mol. The highest BCUT2D eigenvalue weighted by Gasteiger charge is 2.61. The number of halogens is 10. The van der Waals surface area contributed by atoms with E-state index in [2.05, 4.69) is 5.32 Å². The molecule has 0 aliphatic carbocycles. The molecule has 0 aromatic carbocycles. The Morgan fingerprint density at radius 3 is 1.36 bits per heavy atom. The van der Waals surface area contributed by atoms with Crippen LogP contribution in [0.2, 0.25) is 0 Å². The van der Waals surface area contributed by atoms with E-state index in [9.17, 15) is 43.9 Å². The Hall–Kier alpha value is -0.630. The van der Waals surface area contributed by atoms with Crippen molar-refractivity contribution in [2.75, 3.05) is 0 Å². The third-order valence-corrected chi connectivity index (χ3v) is 3.07. The van der Waals surface area contributed by atoms with Crippen LogP contribution in [0, 0.1) is 0 Å². The summed E-state index contributed by atoms with van der Waals surface area (Å²) in [5.74, 6) is -10.4. The largest absolute Gasteiger partial charge is 0.466 e. The molecule has 0 aromatic rings. The smallest absolute Gasteiger partial charge is 0.309 e. The van der Waals surface area contributed by atoms with Crippen molar-refractivity contribution in [2.45, 2.75) is 75.8 Å². The molecule has 1 atom stereocenters. The second kappa shape index (κ2) is 9.45. The molecule has 0 heterocycles. The predicted octanol–water partition coefficient (Wildman–Crippen LogP) is 4.38. The van der Waals surface area contributed by atoms with Crippen molar-refractivity contribution >= 4 is 7.82 Å². The average molecular weight is 463 g/mol. The van der Waals surface area contributed by atoms with Crippen LogP contribution in [-0.4, -0.2) is 50.5 Å². The molecule has 1 unspecified atom stereocenters. The Bertz CT molecular complexity index is 523. The first kappa shape index (κ1) is 29.6. The molecule has 5 nitrogen and oxygen atoms in total. The van der Waals surface area contributed by atoms with E-state index in [0.717, 1.165) is 6.92 Å². The van der Waals surface area contributed by atoms with Crippen molar-refractivity contribution in [1.82, 2.24) is 5.32 Å². The normalized spacial score (nSPS) is 16.5. The van der Waals surface area contributed by atoms with Gasteiger partial charge in [0.05, 0.1) is 0 Å². The summed E-state index contributed by atoms with van der Waals surface area (Å²) < 4.78 is 134. The summed E-state index contributed by atoms with van der Waals surface area (Å²) >= 11 is 0. The average Bonchev–Trinajstić information content (AvgIpc) is 2.29. The molecule has 28 heavy (non-hydrogen) atoms. The standard InChI is InChI=1S/C12H17F10N.H3O4P/c1-7(2)23-8(3,6-10(15,16)12(20,21)22)4-5-9(13,14)11(17,18)19;1-5(2,3)4/h7,23H,4-6H2,1-3H3;(H3,1,2,3,4). The molecule has 0 fully saturated rings. The van der Waals surface area contributed by atoms with Crippen molar-refractivity contribution in [3.63, 3.8) is 0 Å². The van der Waals surface area contributed by atoms with Crippen LogP contribution in [0.4, 0.5) is 43.9 Å². The summed E-state index contributed by atoms with van der Waals surface area (Å²) in [7, 11) is -4.64. The van der Waals surface area contributed by atoms with Gasteiger partial charge < -0.3 is 20.0 Å². The maximum atomic E-state index is 13.2. The van der Waals surface area contributed by atoms with Crippen LogP contribution >= 0.6 is 7.82 Å². The van der Waals surface area contributed by atoms with Gasteiger partial charge in [0.1, 0.15) is 0 Å². The van der Waals surface area contributed by atoms with Crippen molar-refractivity contribution in [3.05, 3.63) is 0 Å². The Morgan fingerprint density at radius 1 is 0.786 bits per heavy atom. The lowest BCUT2D eigenvalue weighted by molar-refractivity contribution is -0.294. The second-order valence-electron chi connectivity index (χ2n) is 6.45. The molecule has 0 radical (unpaired) electrons. The fraction of sp³-hybridized carbons (Fsp3) is 1.00. The molecule has 4 N–H and O–H groups in total. The van der Waals surface area contributed by atoms with Crippen molar-refractivity contribution in [2.24, 2.45) is 0 Å². The van der Waals surface area contributed by atoms with Gasteiger partial charge in [-0.25, -0.2) is 4.57 Å². The molecule has 0 aliphatic heterocycles. The number of hydrogen-bond acceptors (Lipinski definition) is 2. The third-order valence-electron chi connectivity index (χ3n) is 3.07. The Labute approximate surface area is 153 Å². The molecule has 0 bridgehead atoms. The van der Waals surface area contributed by atoms with E-state index < -0.39 is 62.9 Å².